The van der Waals surface area contributed by atoms with Crippen molar-refractivity contribution in [3.05, 3.63) is 12.2 Å². The Morgan fingerprint density at radius 2 is 1.77 bits per heavy atom. The lowest BCUT2D eigenvalue weighted by atomic mass is 9.85. The molecule has 0 N–H and O–H groups in total. The third kappa shape index (κ3) is 2.74. The van der Waals surface area contributed by atoms with E-state index in [0.717, 1.165) is 6.42 Å². The highest BCUT2D eigenvalue weighted by Gasteiger charge is 2.58. The molecule has 0 aromatic carbocycles. The van der Waals surface area contributed by atoms with Gasteiger partial charge < -0.3 is 4.74 Å². The fraction of sp³-hybridized carbons (Fsp3) is 0.706. The summed E-state index contributed by atoms with van der Waals surface area (Å²) < 4.78 is 4.91. The third-order valence-electron chi connectivity index (χ3n) is 4.98. The molecule has 4 unspecified atom stereocenters. The van der Waals surface area contributed by atoms with Crippen LogP contribution in [0.15, 0.2) is 12.2 Å². The minimum Gasteiger partial charge on any atom is -0.385 e. The van der Waals surface area contributed by atoms with E-state index in [9.17, 15) is 14.4 Å². The van der Waals surface area contributed by atoms with E-state index in [1.165, 1.54) is 4.90 Å². The number of ether oxygens (including phenoxy) is 1. The number of imide groups is 1. The monoisotopic (exact) mass is 307 g/mol. The Morgan fingerprint density at radius 3 is 2.32 bits per heavy atom. The summed E-state index contributed by atoms with van der Waals surface area (Å²) >= 11 is 0. The van der Waals surface area contributed by atoms with Gasteiger partial charge in [-0.05, 0) is 24.7 Å². The second kappa shape index (κ2) is 6.73. The predicted molar refractivity (Wildman–Crippen MR) is 81.9 cm³/mol. The lowest BCUT2D eigenvalue weighted by molar-refractivity contribution is -0.140. The first-order valence-electron chi connectivity index (χ1n) is 7.67. The molecule has 2 bridgehead atoms. The molecule has 5 heteroatoms. The molecule has 0 radical (unpaired) electrons. The van der Waals surface area contributed by atoms with Crippen LogP contribution in [0.3, 0.4) is 0 Å². The summed E-state index contributed by atoms with van der Waals surface area (Å²) in [5.41, 5.74) is 0. The molecule has 3 rings (SSSR count). The number of Topliss-reactive ketones (excluding diaryl/α,β-unsaturated/α-hetero) is 1. The van der Waals surface area contributed by atoms with Crippen LogP contribution >= 0.6 is 0 Å². The van der Waals surface area contributed by atoms with E-state index in [4.69, 9.17) is 4.74 Å². The number of carbonyl (C=O) groups excluding carboxylic acids is 3. The molecule has 1 aliphatic heterocycles. The van der Waals surface area contributed by atoms with Gasteiger partial charge in [0.05, 0.1) is 11.8 Å². The van der Waals surface area contributed by atoms with Gasteiger partial charge >= 0.3 is 0 Å². The van der Waals surface area contributed by atoms with Crippen LogP contribution in [0.25, 0.3) is 0 Å². The Balaban J connectivity index is 0.00000176. The molecule has 0 aromatic rings. The predicted octanol–water partition coefficient (Wildman–Crippen LogP) is 1.82. The van der Waals surface area contributed by atoms with Crippen LogP contribution in [0, 0.1) is 23.7 Å². The van der Waals surface area contributed by atoms with Crippen molar-refractivity contribution in [2.24, 2.45) is 23.7 Å². The average molecular weight is 307 g/mol. The van der Waals surface area contributed by atoms with Crippen LogP contribution in [0.4, 0.5) is 0 Å². The highest BCUT2D eigenvalue weighted by Crippen LogP contribution is 2.52. The molecule has 1 heterocycles. The molecule has 1 saturated heterocycles. The highest BCUT2D eigenvalue weighted by molar-refractivity contribution is 6.06. The summed E-state index contributed by atoms with van der Waals surface area (Å²) in [4.78, 5) is 37.9. The van der Waals surface area contributed by atoms with Gasteiger partial charge in [-0.15, -0.1) is 0 Å². The lowest BCUT2D eigenvalue weighted by Crippen LogP contribution is -2.34. The van der Waals surface area contributed by atoms with E-state index in [0.29, 0.717) is 19.4 Å². The minimum absolute atomic E-state index is 0. The van der Waals surface area contributed by atoms with Gasteiger partial charge in [0.15, 0.2) is 0 Å². The van der Waals surface area contributed by atoms with E-state index in [2.05, 4.69) is 12.2 Å². The van der Waals surface area contributed by atoms with E-state index in [1.54, 1.807) is 7.11 Å². The number of nitrogens with zero attached hydrogens (tertiary/aromatic N) is 1. The number of hydrogen-bond acceptors (Lipinski definition) is 4. The Labute approximate surface area is 131 Å². The molecule has 0 spiro atoms. The molecule has 2 amide bonds. The largest absolute Gasteiger partial charge is 0.385 e. The molecule has 4 atom stereocenters. The van der Waals surface area contributed by atoms with Crippen LogP contribution in [-0.2, 0) is 19.1 Å². The highest BCUT2D eigenvalue weighted by atomic mass is 16.5. The van der Waals surface area contributed by atoms with Crippen molar-refractivity contribution >= 4 is 17.6 Å². The molecular weight excluding hydrogens is 282 g/mol. The SMILES string of the molecule is C.COCCCC(=O)CCN1C(=O)C2C3C=CC(C3)C2C1=O. The van der Waals surface area contributed by atoms with E-state index in [1.807, 2.05) is 0 Å². The summed E-state index contributed by atoms with van der Waals surface area (Å²) in [5.74, 6) is 0.119. The number of ketones is 1. The smallest absolute Gasteiger partial charge is 0.233 e. The van der Waals surface area contributed by atoms with Gasteiger partial charge in [0.25, 0.3) is 0 Å². The molecule has 3 aliphatic rings. The van der Waals surface area contributed by atoms with Gasteiger partial charge in [0, 0.05) is 33.1 Å². The van der Waals surface area contributed by atoms with Crippen LogP contribution in [0.2, 0.25) is 0 Å². The molecule has 1 saturated carbocycles. The molecular formula is C17H25NO4. The van der Waals surface area contributed by atoms with Crippen molar-refractivity contribution in [3.8, 4) is 0 Å². The molecule has 2 fully saturated rings. The lowest BCUT2D eigenvalue weighted by Gasteiger charge is -2.16. The Morgan fingerprint density at radius 1 is 1.18 bits per heavy atom. The third-order valence-corrected chi connectivity index (χ3v) is 4.98. The van der Waals surface area contributed by atoms with Crippen LogP contribution in [-0.4, -0.2) is 42.8 Å². The number of likely N-dealkylation sites (tertiary alicyclic amines) is 1. The molecule has 122 valence electrons. The number of amides is 2. The first kappa shape index (κ1) is 16.9. The van der Waals surface area contributed by atoms with Crippen LogP contribution in [0.5, 0.6) is 0 Å². The maximum absolute atomic E-state index is 12.4. The van der Waals surface area contributed by atoms with Crippen molar-refractivity contribution in [1.82, 2.24) is 4.90 Å². The van der Waals surface area contributed by atoms with Crippen molar-refractivity contribution in [3.63, 3.8) is 0 Å². The Kier molecular flexibility index (Phi) is 5.16. The summed E-state index contributed by atoms with van der Waals surface area (Å²) in [5, 5.41) is 0. The molecule has 0 aromatic heterocycles. The van der Waals surface area contributed by atoms with Gasteiger partial charge in [-0.1, -0.05) is 19.6 Å². The van der Waals surface area contributed by atoms with Crippen molar-refractivity contribution in [2.45, 2.75) is 33.1 Å². The quantitative estimate of drug-likeness (QED) is 0.409. The number of rotatable bonds is 7. The van der Waals surface area contributed by atoms with Gasteiger partial charge in [-0.3, -0.25) is 19.3 Å². The van der Waals surface area contributed by atoms with Crippen molar-refractivity contribution < 1.29 is 19.1 Å². The van der Waals surface area contributed by atoms with Crippen molar-refractivity contribution in [1.29, 1.82) is 0 Å². The number of fused-ring (bicyclic) bond motifs is 5. The van der Waals surface area contributed by atoms with Gasteiger partial charge in [0.2, 0.25) is 11.8 Å². The zero-order chi connectivity index (χ0) is 15.0. The minimum atomic E-state index is -0.156. The fourth-order valence-electron chi connectivity index (χ4n) is 3.96. The van der Waals surface area contributed by atoms with Gasteiger partial charge in [0.1, 0.15) is 5.78 Å². The number of carbonyl (C=O) groups is 3. The number of hydrogen-bond donors (Lipinski definition) is 0. The van der Waals surface area contributed by atoms with E-state index >= 15 is 0 Å². The summed E-state index contributed by atoms with van der Waals surface area (Å²) in [6.07, 6.45) is 6.51. The van der Waals surface area contributed by atoms with Crippen molar-refractivity contribution in [2.75, 3.05) is 20.3 Å². The summed E-state index contributed by atoms with van der Waals surface area (Å²) in [6.45, 7) is 0.808. The maximum atomic E-state index is 12.4. The first-order chi connectivity index (χ1) is 10.1. The number of allylic oxidation sites excluding steroid dienone is 2. The maximum Gasteiger partial charge on any atom is 0.233 e. The van der Waals surface area contributed by atoms with Crippen LogP contribution < -0.4 is 0 Å². The molecule has 5 nitrogen and oxygen atoms in total. The van der Waals surface area contributed by atoms with E-state index < -0.39 is 0 Å². The van der Waals surface area contributed by atoms with Gasteiger partial charge in [-0.25, -0.2) is 0 Å². The Hall–Kier alpha value is -1.49. The summed E-state index contributed by atoms with van der Waals surface area (Å²) in [6, 6.07) is 0. The normalized spacial score (nSPS) is 31.6. The second-order valence-electron chi connectivity index (χ2n) is 6.21. The standard InChI is InChI=1S/C16H21NO4.CH4/c1-21-8-2-3-12(18)6-7-17-15(19)13-10-4-5-11(9-10)14(13)16(17)20;/h4-5,10-11,13-14H,2-3,6-9H2,1H3;1H4. The molecule has 22 heavy (non-hydrogen) atoms. The average Bonchev–Trinajstić information content (AvgIpc) is 3.13. The fourth-order valence-corrected chi connectivity index (χ4v) is 3.96. The van der Waals surface area contributed by atoms with E-state index in [-0.39, 0.29) is 61.7 Å². The Bertz CT molecular complexity index is 469. The number of methoxy groups -OCH3 is 1. The zero-order valence-electron chi connectivity index (χ0n) is 12.3. The zero-order valence-corrected chi connectivity index (χ0v) is 12.3. The second-order valence-corrected chi connectivity index (χ2v) is 6.21. The van der Waals surface area contributed by atoms with Crippen LogP contribution in [0.1, 0.15) is 33.1 Å². The summed E-state index contributed by atoms with van der Waals surface area (Å²) in [7, 11) is 1.60. The first-order valence-corrected chi connectivity index (χ1v) is 7.67. The topological polar surface area (TPSA) is 63.7 Å². The van der Waals surface area contributed by atoms with Gasteiger partial charge in [-0.2, -0.15) is 0 Å². The molecule has 2 aliphatic carbocycles.